The van der Waals surface area contributed by atoms with Gasteiger partial charge in [-0.15, -0.1) is 0 Å². The average molecular weight is 235 g/mol. The van der Waals surface area contributed by atoms with Gasteiger partial charge in [0.05, 0.1) is 5.92 Å². The number of pyridine rings is 1. The van der Waals surface area contributed by atoms with Gasteiger partial charge in [0.2, 0.25) is 5.91 Å². The second-order valence-corrected chi connectivity index (χ2v) is 4.23. The highest BCUT2D eigenvalue weighted by Gasteiger charge is 2.24. The highest BCUT2D eigenvalue weighted by atomic mass is 16.1. The first-order valence-electron chi connectivity index (χ1n) is 5.67. The van der Waals surface area contributed by atoms with Crippen molar-refractivity contribution in [1.29, 1.82) is 0 Å². The fourth-order valence-electron chi connectivity index (χ4n) is 2.14. The van der Waals surface area contributed by atoms with Crippen LogP contribution in [-0.4, -0.2) is 24.0 Å². The molecular weight excluding hydrogens is 218 g/mol. The van der Waals surface area contributed by atoms with Crippen molar-refractivity contribution in [2.24, 2.45) is 17.5 Å². The molecule has 0 aliphatic carbocycles. The SMILES string of the molecule is NNc1cc(N2CCCC(C(N)=O)C2)ccn1. The molecule has 1 unspecified atom stereocenters. The Hall–Kier alpha value is -1.82. The molecule has 6 heteroatoms. The maximum Gasteiger partial charge on any atom is 0.222 e. The summed E-state index contributed by atoms with van der Waals surface area (Å²) in [5.74, 6) is 5.65. The van der Waals surface area contributed by atoms with Crippen molar-refractivity contribution < 1.29 is 4.79 Å². The Morgan fingerprint density at radius 3 is 3.12 bits per heavy atom. The van der Waals surface area contributed by atoms with Crippen LogP contribution in [0.4, 0.5) is 11.5 Å². The van der Waals surface area contributed by atoms with Crippen LogP contribution in [0.3, 0.4) is 0 Å². The summed E-state index contributed by atoms with van der Waals surface area (Å²) in [7, 11) is 0. The molecule has 2 rings (SSSR count). The van der Waals surface area contributed by atoms with Crippen LogP contribution in [0, 0.1) is 5.92 Å². The number of nitrogen functional groups attached to an aromatic ring is 1. The summed E-state index contributed by atoms with van der Waals surface area (Å²) >= 11 is 0. The molecule has 1 aliphatic rings. The minimum absolute atomic E-state index is 0.0637. The molecule has 1 atom stereocenters. The first-order valence-corrected chi connectivity index (χ1v) is 5.67. The average Bonchev–Trinajstić information content (AvgIpc) is 2.39. The molecule has 1 aliphatic heterocycles. The van der Waals surface area contributed by atoms with Gasteiger partial charge in [-0.1, -0.05) is 0 Å². The Balaban J connectivity index is 2.13. The van der Waals surface area contributed by atoms with Gasteiger partial charge in [0.15, 0.2) is 0 Å². The molecule has 1 saturated heterocycles. The van der Waals surface area contributed by atoms with Crippen molar-refractivity contribution >= 4 is 17.4 Å². The van der Waals surface area contributed by atoms with Crippen molar-refractivity contribution in [3.63, 3.8) is 0 Å². The number of carbonyl (C=O) groups excluding carboxylic acids is 1. The molecule has 92 valence electrons. The third-order valence-electron chi connectivity index (χ3n) is 3.08. The Labute approximate surface area is 100.0 Å². The summed E-state index contributed by atoms with van der Waals surface area (Å²) in [6.07, 6.45) is 3.54. The van der Waals surface area contributed by atoms with Crippen LogP contribution in [0.5, 0.6) is 0 Å². The number of hydrogen-bond donors (Lipinski definition) is 3. The number of carbonyl (C=O) groups is 1. The summed E-state index contributed by atoms with van der Waals surface area (Å²) in [6, 6.07) is 3.77. The first-order chi connectivity index (χ1) is 8.20. The third kappa shape index (κ3) is 2.65. The molecule has 1 amide bonds. The lowest BCUT2D eigenvalue weighted by Gasteiger charge is -2.33. The van der Waals surface area contributed by atoms with Crippen LogP contribution >= 0.6 is 0 Å². The topological polar surface area (TPSA) is 97.3 Å². The van der Waals surface area contributed by atoms with Gasteiger partial charge in [-0.05, 0) is 18.9 Å². The summed E-state index contributed by atoms with van der Waals surface area (Å²) in [6.45, 7) is 1.60. The smallest absolute Gasteiger partial charge is 0.222 e. The molecule has 2 heterocycles. The lowest BCUT2D eigenvalue weighted by Crippen LogP contribution is -2.41. The zero-order valence-corrected chi connectivity index (χ0v) is 9.60. The maximum atomic E-state index is 11.2. The van der Waals surface area contributed by atoms with Gasteiger partial charge < -0.3 is 16.1 Å². The van der Waals surface area contributed by atoms with E-state index in [0.717, 1.165) is 25.1 Å². The van der Waals surface area contributed by atoms with E-state index in [9.17, 15) is 4.79 Å². The van der Waals surface area contributed by atoms with Crippen LogP contribution in [0.25, 0.3) is 0 Å². The number of rotatable bonds is 3. The predicted molar refractivity (Wildman–Crippen MR) is 66.2 cm³/mol. The third-order valence-corrected chi connectivity index (χ3v) is 3.08. The summed E-state index contributed by atoms with van der Waals surface area (Å²) in [5.41, 5.74) is 8.88. The van der Waals surface area contributed by atoms with E-state index in [1.807, 2.05) is 12.1 Å². The highest BCUT2D eigenvalue weighted by Crippen LogP contribution is 2.23. The molecule has 1 aromatic rings. The first kappa shape index (κ1) is 11.7. The van der Waals surface area contributed by atoms with E-state index in [2.05, 4.69) is 15.3 Å². The summed E-state index contributed by atoms with van der Waals surface area (Å²) < 4.78 is 0. The van der Waals surface area contributed by atoms with E-state index in [0.29, 0.717) is 12.4 Å². The molecular formula is C11H17N5O. The number of primary amides is 1. The quantitative estimate of drug-likeness (QED) is 0.509. The summed E-state index contributed by atoms with van der Waals surface area (Å²) in [4.78, 5) is 17.4. The van der Waals surface area contributed by atoms with Gasteiger partial charge in [-0.25, -0.2) is 10.8 Å². The van der Waals surface area contributed by atoms with Crippen LogP contribution in [-0.2, 0) is 4.79 Å². The maximum absolute atomic E-state index is 11.2. The Morgan fingerprint density at radius 2 is 2.41 bits per heavy atom. The highest BCUT2D eigenvalue weighted by molar-refractivity contribution is 5.77. The van der Waals surface area contributed by atoms with Crippen molar-refractivity contribution in [3.8, 4) is 0 Å². The number of nitrogens with one attached hydrogen (secondary N) is 1. The lowest BCUT2D eigenvalue weighted by atomic mass is 9.97. The standard InChI is InChI=1S/C11H17N5O/c12-11(17)8-2-1-5-16(7-8)9-3-4-14-10(6-9)15-13/h3-4,6,8H,1-2,5,7,13H2,(H2,12,17)(H,14,15). The van der Waals surface area contributed by atoms with Gasteiger partial charge in [0.25, 0.3) is 0 Å². The van der Waals surface area contributed by atoms with Crippen LogP contribution < -0.4 is 21.9 Å². The van der Waals surface area contributed by atoms with E-state index in [-0.39, 0.29) is 11.8 Å². The molecule has 0 aromatic carbocycles. The number of piperidine rings is 1. The molecule has 5 N–H and O–H groups in total. The largest absolute Gasteiger partial charge is 0.371 e. The fraction of sp³-hybridized carbons (Fsp3) is 0.455. The van der Waals surface area contributed by atoms with Crippen LogP contribution in [0.2, 0.25) is 0 Å². The van der Waals surface area contributed by atoms with Gasteiger partial charge in [0, 0.05) is 31.0 Å². The number of hydrogen-bond acceptors (Lipinski definition) is 5. The zero-order valence-electron chi connectivity index (χ0n) is 9.60. The molecule has 17 heavy (non-hydrogen) atoms. The molecule has 1 fully saturated rings. The number of anilines is 2. The number of aromatic nitrogens is 1. The fourth-order valence-corrected chi connectivity index (χ4v) is 2.14. The molecule has 1 aromatic heterocycles. The van der Waals surface area contributed by atoms with E-state index in [1.165, 1.54) is 0 Å². The van der Waals surface area contributed by atoms with Crippen molar-refractivity contribution in [2.75, 3.05) is 23.4 Å². The molecule has 0 saturated carbocycles. The van der Waals surface area contributed by atoms with Crippen LogP contribution in [0.15, 0.2) is 18.3 Å². The second kappa shape index (κ2) is 5.01. The van der Waals surface area contributed by atoms with Gasteiger partial charge in [-0.3, -0.25) is 4.79 Å². The second-order valence-electron chi connectivity index (χ2n) is 4.23. The summed E-state index contributed by atoms with van der Waals surface area (Å²) in [5, 5.41) is 0. The molecule has 6 nitrogen and oxygen atoms in total. The minimum atomic E-state index is -0.221. The van der Waals surface area contributed by atoms with E-state index in [4.69, 9.17) is 11.6 Å². The van der Waals surface area contributed by atoms with Gasteiger partial charge >= 0.3 is 0 Å². The van der Waals surface area contributed by atoms with E-state index in [1.54, 1.807) is 6.20 Å². The molecule has 0 radical (unpaired) electrons. The Bertz CT molecular complexity index is 409. The number of nitrogens with two attached hydrogens (primary N) is 2. The number of hydrazine groups is 1. The normalized spacial score (nSPS) is 20.1. The van der Waals surface area contributed by atoms with Crippen molar-refractivity contribution in [1.82, 2.24) is 4.98 Å². The lowest BCUT2D eigenvalue weighted by molar-refractivity contribution is -0.122. The van der Waals surface area contributed by atoms with Crippen molar-refractivity contribution in [2.45, 2.75) is 12.8 Å². The van der Waals surface area contributed by atoms with Gasteiger partial charge in [-0.2, -0.15) is 0 Å². The monoisotopic (exact) mass is 235 g/mol. The molecule has 0 spiro atoms. The number of amides is 1. The Kier molecular flexibility index (Phi) is 3.43. The van der Waals surface area contributed by atoms with Crippen molar-refractivity contribution in [3.05, 3.63) is 18.3 Å². The zero-order chi connectivity index (χ0) is 12.3. The number of nitrogens with zero attached hydrogens (tertiary/aromatic N) is 2. The van der Waals surface area contributed by atoms with E-state index < -0.39 is 0 Å². The van der Waals surface area contributed by atoms with Gasteiger partial charge in [0.1, 0.15) is 5.82 Å². The van der Waals surface area contributed by atoms with E-state index >= 15 is 0 Å². The minimum Gasteiger partial charge on any atom is -0.371 e. The van der Waals surface area contributed by atoms with Crippen LogP contribution in [0.1, 0.15) is 12.8 Å². The molecule has 0 bridgehead atoms. The predicted octanol–water partition coefficient (Wildman–Crippen LogP) is 0.0689. The Morgan fingerprint density at radius 1 is 1.59 bits per heavy atom.